The van der Waals surface area contributed by atoms with E-state index in [2.05, 4.69) is 5.38 Å². The molecule has 1 aromatic carbocycles. The van der Waals surface area contributed by atoms with Gasteiger partial charge in [-0.1, -0.05) is 12.1 Å². The second-order valence-corrected chi connectivity index (χ2v) is 4.88. The molecule has 0 aliphatic rings. The van der Waals surface area contributed by atoms with Crippen molar-refractivity contribution in [2.45, 2.75) is 19.4 Å². The number of methoxy groups -OCH3 is 1. The highest BCUT2D eigenvalue weighted by Gasteiger charge is 2.14. The van der Waals surface area contributed by atoms with E-state index in [1.807, 2.05) is 36.6 Å². The molecule has 2 aromatic rings. The molecular weight excluding hydrogens is 232 g/mol. The minimum atomic E-state index is -0.514. The van der Waals surface area contributed by atoms with Gasteiger partial charge >= 0.3 is 0 Å². The first-order chi connectivity index (χ1) is 8.20. The fourth-order valence-corrected chi connectivity index (χ4v) is 2.52. The number of thiophene rings is 1. The van der Waals surface area contributed by atoms with Crippen molar-refractivity contribution in [1.29, 1.82) is 0 Å². The van der Waals surface area contributed by atoms with Crippen molar-refractivity contribution in [2.75, 3.05) is 7.11 Å². The lowest BCUT2D eigenvalue weighted by atomic mass is 10.0. The number of ether oxygens (including phenoxy) is 1. The van der Waals surface area contributed by atoms with Gasteiger partial charge in [-0.05, 0) is 40.9 Å². The molecule has 1 aromatic heterocycles. The molecule has 0 bridgehead atoms. The molecule has 0 saturated heterocycles. The summed E-state index contributed by atoms with van der Waals surface area (Å²) < 4.78 is 5.31. The molecule has 0 fully saturated rings. The normalized spacial score (nSPS) is 12.4. The van der Waals surface area contributed by atoms with E-state index in [4.69, 9.17) is 4.74 Å². The van der Waals surface area contributed by atoms with Gasteiger partial charge in [0, 0.05) is 12.0 Å². The smallest absolute Gasteiger partial charge is 0.124 e. The Labute approximate surface area is 105 Å². The van der Waals surface area contributed by atoms with Gasteiger partial charge in [0.25, 0.3) is 0 Å². The number of hydrogen-bond donors (Lipinski definition) is 1. The van der Waals surface area contributed by atoms with E-state index in [9.17, 15) is 5.11 Å². The molecule has 17 heavy (non-hydrogen) atoms. The van der Waals surface area contributed by atoms with Crippen molar-refractivity contribution < 1.29 is 9.84 Å². The summed E-state index contributed by atoms with van der Waals surface area (Å²) in [6, 6.07) is 7.92. The first-order valence-corrected chi connectivity index (χ1v) is 6.48. The van der Waals surface area contributed by atoms with Gasteiger partial charge in [0.1, 0.15) is 5.75 Å². The van der Waals surface area contributed by atoms with E-state index in [0.29, 0.717) is 6.42 Å². The summed E-state index contributed by atoms with van der Waals surface area (Å²) in [6.07, 6.45) is 0.114. The van der Waals surface area contributed by atoms with Gasteiger partial charge in [-0.3, -0.25) is 0 Å². The second-order valence-electron chi connectivity index (χ2n) is 4.10. The van der Waals surface area contributed by atoms with E-state index in [1.54, 1.807) is 18.4 Å². The average molecular weight is 248 g/mol. The van der Waals surface area contributed by atoms with Crippen LogP contribution in [0.3, 0.4) is 0 Å². The van der Waals surface area contributed by atoms with Crippen LogP contribution in [0.1, 0.15) is 22.8 Å². The Kier molecular flexibility index (Phi) is 3.82. The molecule has 0 aliphatic carbocycles. The average Bonchev–Trinajstić information content (AvgIpc) is 2.81. The number of benzene rings is 1. The molecule has 0 spiro atoms. The van der Waals surface area contributed by atoms with Crippen molar-refractivity contribution in [1.82, 2.24) is 0 Å². The molecule has 90 valence electrons. The topological polar surface area (TPSA) is 29.5 Å². The summed E-state index contributed by atoms with van der Waals surface area (Å²) >= 11 is 1.65. The third-order valence-corrected chi connectivity index (χ3v) is 3.49. The lowest BCUT2D eigenvalue weighted by Gasteiger charge is -2.14. The Hall–Kier alpha value is -1.32. The molecule has 1 heterocycles. The monoisotopic (exact) mass is 248 g/mol. The van der Waals surface area contributed by atoms with E-state index < -0.39 is 6.10 Å². The molecule has 0 amide bonds. The SMILES string of the molecule is COc1cc(C)ccc1C(O)Cc1ccsc1. The second kappa shape index (κ2) is 5.34. The summed E-state index contributed by atoms with van der Waals surface area (Å²) in [7, 11) is 1.63. The highest BCUT2D eigenvalue weighted by molar-refractivity contribution is 7.07. The summed E-state index contributed by atoms with van der Waals surface area (Å²) in [5.41, 5.74) is 3.14. The predicted octanol–water partition coefficient (Wildman–Crippen LogP) is 3.34. The molecular formula is C14H16O2S. The minimum absolute atomic E-state index is 0.514. The van der Waals surface area contributed by atoms with Crippen LogP contribution in [0.15, 0.2) is 35.0 Å². The Balaban J connectivity index is 2.21. The summed E-state index contributed by atoms with van der Waals surface area (Å²) in [6.45, 7) is 2.01. The minimum Gasteiger partial charge on any atom is -0.496 e. The molecule has 1 N–H and O–H groups in total. The molecule has 0 saturated carbocycles. The van der Waals surface area contributed by atoms with Crippen molar-refractivity contribution >= 4 is 11.3 Å². The standard InChI is InChI=1S/C14H16O2S/c1-10-3-4-12(14(7-10)16-2)13(15)8-11-5-6-17-9-11/h3-7,9,13,15H,8H2,1-2H3. The lowest BCUT2D eigenvalue weighted by molar-refractivity contribution is 0.174. The van der Waals surface area contributed by atoms with Gasteiger partial charge in [-0.25, -0.2) is 0 Å². The molecule has 1 unspecified atom stereocenters. The van der Waals surface area contributed by atoms with E-state index >= 15 is 0 Å². The maximum absolute atomic E-state index is 10.2. The van der Waals surface area contributed by atoms with Crippen molar-refractivity contribution in [2.24, 2.45) is 0 Å². The van der Waals surface area contributed by atoms with Crippen LogP contribution in [-0.2, 0) is 6.42 Å². The van der Waals surface area contributed by atoms with Crippen molar-refractivity contribution in [3.05, 3.63) is 51.7 Å². The largest absolute Gasteiger partial charge is 0.496 e. The van der Waals surface area contributed by atoms with Gasteiger partial charge in [-0.15, -0.1) is 0 Å². The van der Waals surface area contributed by atoms with Crippen LogP contribution in [0.2, 0.25) is 0 Å². The number of aliphatic hydroxyl groups excluding tert-OH is 1. The van der Waals surface area contributed by atoms with Crippen LogP contribution in [0.5, 0.6) is 5.75 Å². The molecule has 0 aliphatic heterocycles. The third-order valence-electron chi connectivity index (χ3n) is 2.76. The zero-order chi connectivity index (χ0) is 12.3. The van der Waals surface area contributed by atoms with Gasteiger partial charge in [0.2, 0.25) is 0 Å². The van der Waals surface area contributed by atoms with E-state index in [1.165, 1.54) is 0 Å². The summed E-state index contributed by atoms with van der Waals surface area (Å²) in [5, 5.41) is 14.3. The van der Waals surface area contributed by atoms with Gasteiger partial charge < -0.3 is 9.84 Å². The Morgan fingerprint density at radius 1 is 1.35 bits per heavy atom. The molecule has 0 radical (unpaired) electrons. The quantitative estimate of drug-likeness (QED) is 0.899. The van der Waals surface area contributed by atoms with Gasteiger partial charge in [-0.2, -0.15) is 11.3 Å². The van der Waals surface area contributed by atoms with Crippen LogP contribution >= 0.6 is 11.3 Å². The lowest BCUT2D eigenvalue weighted by Crippen LogP contribution is -2.03. The third kappa shape index (κ3) is 2.87. The van der Waals surface area contributed by atoms with Crippen LogP contribution in [0, 0.1) is 6.92 Å². The number of aliphatic hydroxyl groups is 1. The van der Waals surface area contributed by atoms with Crippen LogP contribution in [0.25, 0.3) is 0 Å². The maximum Gasteiger partial charge on any atom is 0.124 e. The molecule has 1 atom stereocenters. The number of hydrogen-bond acceptors (Lipinski definition) is 3. The maximum atomic E-state index is 10.2. The summed E-state index contributed by atoms with van der Waals surface area (Å²) in [4.78, 5) is 0. The van der Waals surface area contributed by atoms with Crippen LogP contribution < -0.4 is 4.74 Å². The van der Waals surface area contributed by atoms with E-state index in [0.717, 1.165) is 22.4 Å². The van der Waals surface area contributed by atoms with Crippen molar-refractivity contribution in [3.8, 4) is 5.75 Å². The summed E-state index contributed by atoms with van der Waals surface area (Å²) in [5.74, 6) is 0.757. The molecule has 3 heteroatoms. The molecule has 2 nitrogen and oxygen atoms in total. The predicted molar refractivity (Wildman–Crippen MR) is 70.7 cm³/mol. The van der Waals surface area contributed by atoms with Crippen LogP contribution in [0.4, 0.5) is 0 Å². The zero-order valence-electron chi connectivity index (χ0n) is 10.0. The fourth-order valence-electron chi connectivity index (χ4n) is 1.84. The van der Waals surface area contributed by atoms with Crippen LogP contribution in [-0.4, -0.2) is 12.2 Å². The molecule has 2 rings (SSSR count). The van der Waals surface area contributed by atoms with Gasteiger partial charge in [0.05, 0.1) is 13.2 Å². The van der Waals surface area contributed by atoms with Crippen molar-refractivity contribution in [3.63, 3.8) is 0 Å². The Morgan fingerprint density at radius 3 is 2.82 bits per heavy atom. The Bertz CT molecular complexity index is 477. The first kappa shape index (κ1) is 12.1. The highest BCUT2D eigenvalue weighted by Crippen LogP contribution is 2.28. The number of aryl methyl sites for hydroxylation is 1. The number of rotatable bonds is 4. The first-order valence-electron chi connectivity index (χ1n) is 5.54. The fraction of sp³-hybridized carbons (Fsp3) is 0.286. The van der Waals surface area contributed by atoms with E-state index in [-0.39, 0.29) is 0 Å². The van der Waals surface area contributed by atoms with Gasteiger partial charge in [0.15, 0.2) is 0 Å². The Morgan fingerprint density at radius 2 is 2.18 bits per heavy atom. The highest BCUT2D eigenvalue weighted by atomic mass is 32.1. The zero-order valence-corrected chi connectivity index (χ0v) is 10.8.